The first-order chi connectivity index (χ1) is 9.44. The molecule has 0 bridgehead atoms. The van der Waals surface area contributed by atoms with Crippen LogP contribution in [0.15, 0.2) is 35.4 Å². The van der Waals surface area contributed by atoms with Gasteiger partial charge in [0.1, 0.15) is 5.69 Å². The van der Waals surface area contributed by atoms with Gasteiger partial charge in [-0.2, -0.15) is 13.2 Å². The van der Waals surface area contributed by atoms with Gasteiger partial charge in [0.05, 0.1) is 12.3 Å². The summed E-state index contributed by atoms with van der Waals surface area (Å²) in [5, 5.41) is 10.8. The highest BCUT2D eigenvalue weighted by Gasteiger charge is 2.27. The van der Waals surface area contributed by atoms with Gasteiger partial charge in [-0.3, -0.25) is 4.68 Å². The van der Waals surface area contributed by atoms with E-state index in [0.717, 1.165) is 17.5 Å². The zero-order valence-electron chi connectivity index (χ0n) is 10.7. The average Bonchev–Trinajstić information content (AvgIpc) is 2.80. The molecule has 0 saturated heterocycles. The van der Waals surface area contributed by atoms with Crippen molar-refractivity contribution in [1.29, 1.82) is 0 Å². The summed E-state index contributed by atoms with van der Waals surface area (Å²) in [6.07, 6.45) is -2.43. The van der Waals surface area contributed by atoms with E-state index in [1.54, 1.807) is 42.2 Å². The van der Waals surface area contributed by atoms with Crippen molar-refractivity contribution < 1.29 is 13.2 Å². The molecule has 0 amide bonds. The number of halogens is 3. The van der Waals surface area contributed by atoms with Crippen molar-refractivity contribution in [3.63, 3.8) is 0 Å². The zero-order valence-corrected chi connectivity index (χ0v) is 11.5. The summed E-state index contributed by atoms with van der Waals surface area (Å²) < 4.78 is 38.4. The highest BCUT2D eigenvalue weighted by molar-refractivity contribution is 7.99. The molecule has 0 aliphatic carbocycles. The first kappa shape index (κ1) is 14.7. The van der Waals surface area contributed by atoms with E-state index in [4.69, 9.17) is 0 Å². The molecule has 8 heteroatoms. The predicted octanol–water partition coefficient (Wildman–Crippen LogP) is 3.08. The van der Waals surface area contributed by atoms with Crippen LogP contribution in [0, 0.1) is 0 Å². The molecule has 4 nitrogen and oxygen atoms in total. The molecule has 2 aromatic rings. The van der Waals surface area contributed by atoms with Crippen molar-refractivity contribution in [2.45, 2.75) is 17.6 Å². The van der Waals surface area contributed by atoms with Crippen molar-refractivity contribution in [1.82, 2.24) is 15.0 Å². The van der Waals surface area contributed by atoms with E-state index in [-0.39, 0.29) is 0 Å². The molecule has 0 unspecified atom stereocenters. The summed E-state index contributed by atoms with van der Waals surface area (Å²) in [6.45, 7) is 0.414. The summed E-state index contributed by atoms with van der Waals surface area (Å²) in [5.74, 6) is -0.906. The maximum absolute atomic E-state index is 12.3. The number of anilines is 1. The van der Waals surface area contributed by atoms with Gasteiger partial charge >= 0.3 is 6.18 Å². The molecule has 0 radical (unpaired) electrons. The third-order valence-corrected chi connectivity index (χ3v) is 3.53. The van der Waals surface area contributed by atoms with Crippen molar-refractivity contribution in [3.8, 4) is 0 Å². The molecule has 0 fully saturated rings. The van der Waals surface area contributed by atoms with Gasteiger partial charge in [-0.25, -0.2) is 0 Å². The van der Waals surface area contributed by atoms with Crippen molar-refractivity contribution in [3.05, 3.63) is 36.2 Å². The number of nitrogens with one attached hydrogen (secondary N) is 1. The summed E-state index contributed by atoms with van der Waals surface area (Å²) in [6, 6.07) is 6.90. The van der Waals surface area contributed by atoms with Crippen LogP contribution in [0.1, 0.15) is 5.69 Å². The second-order valence-corrected chi connectivity index (χ2v) is 5.15. The van der Waals surface area contributed by atoms with Crippen LogP contribution in [0.25, 0.3) is 0 Å². The van der Waals surface area contributed by atoms with E-state index in [9.17, 15) is 13.2 Å². The highest BCUT2D eigenvalue weighted by Crippen LogP contribution is 2.32. The van der Waals surface area contributed by atoms with Gasteiger partial charge in [0.15, 0.2) is 0 Å². The second kappa shape index (κ2) is 6.17. The topological polar surface area (TPSA) is 42.7 Å². The van der Waals surface area contributed by atoms with Crippen molar-refractivity contribution in [2.75, 3.05) is 11.1 Å². The first-order valence-electron chi connectivity index (χ1n) is 5.82. The van der Waals surface area contributed by atoms with Gasteiger partial charge < -0.3 is 5.32 Å². The quantitative estimate of drug-likeness (QED) is 0.862. The minimum absolute atomic E-state index is 0.414. The van der Waals surface area contributed by atoms with Crippen LogP contribution in [0.3, 0.4) is 0 Å². The number of aromatic nitrogens is 3. The molecular weight excluding hydrogens is 289 g/mol. The van der Waals surface area contributed by atoms with Crippen molar-refractivity contribution in [2.24, 2.45) is 7.05 Å². The minimum atomic E-state index is -4.18. The molecule has 1 aromatic heterocycles. The number of para-hydroxylation sites is 1. The molecule has 20 heavy (non-hydrogen) atoms. The van der Waals surface area contributed by atoms with E-state index in [0.29, 0.717) is 17.1 Å². The molecule has 2 rings (SSSR count). The van der Waals surface area contributed by atoms with Crippen LogP contribution in [0.4, 0.5) is 18.9 Å². The largest absolute Gasteiger partial charge is 0.398 e. The summed E-state index contributed by atoms with van der Waals surface area (Å²) in [4.78, 5) is 0.564. The fourth-order valence-electron chi connectivity index (χ4n) is 1.56. The number of nitrogens with zero attached hydrogens (tertiary/aromatic N) is 3. The molecule has 1 N–H and O–H groups in total. The van der Waals surface area contributed by atoms with E-state index in [2.05, 4.69) is 15.6 Å². The Bertz CT molecular complexity index is 568. The Labute approximate surface area is 118 Å². The van der Waals surface area contributed by atoms with Crippen molar-refractivity contribution >= 4 is 17.4 Å². The molecule has 0 spiro atoms. The minimum Gasteiger partial charge on any atom is -0.378 e. The lowest BCUT2D eigenvalue weighted by molar-refractivity contribution is -0.105. The third-order valence-electron chi connectivity index (χ3n) is 2.39. The smallest absolute Gasteiger partial charge is 0.378 e. The van der Waals surface area contributed by atoms with Gasteiger partial charge in [0.2, 0.25) is 0 Å². The standard InChI is InChI=1S/C12H13F3N4S/c1-19-7-9(17-18-19)6-16-10-4-2-3-5-11(10)20-8-12(13,14)15/h2-5,7,16H,6,8H2,1H3. The Hall–Kier alpha value is -1.70. The van der Waals surface area contributed by atoms with Gasteiger partial charge in [0, 0.05) is 23.8 Å². The molecular formula is C12H13F3N4S. The van der Waals surface area contributed by atoms with E-state index in [1.165, 1.54) is 0 Å². The van der Waals surface area contributed by atoms with Gasteiger partial charge in [-0.1, -0.05) is 17.3 Å². The fraction of sp³-hybridized carbons (Fsp3) is 0.333. The zero-order chi connectivity index (χ0) is 14.6. The Morgan fingerprint density at radius 3 is 2.70 bits per heavy atom. The van der Waals surface area contributed by atoms with Crippen LogP contribution >= 0.6 is 11.8 Å². The number of alkyl halides is 3. The Morgan fingerprint density at radius 1 is 1.30 bits per heavy atom. The molecule has 0 atom stereocenters. The van der Waals surface area contributed by atoms with Crippen LogP contribution in [0.2, 0.25) is 0 Å². The number of hydrogen-bond donors (Lipinski definition) is 1. The molecule has 1 aromatic carbocycles. The monoisotopic (exact) mass is 302 g/mol. The molecule has 1 heterocycles. The second-order valence-electron chi connectivity index (χ2n) is 4.14. The maximum Gasteiger partial charge on any atom is 0.398 e. The molecule has 0 aliphatic rings. The van der Waals surface area contributed by atoms with Gasteiger partial charge in [0.25, 0.3) is 0 Å². The number of aryl methyl sites for hydroxylation is 1. The fourth-order valence-corrected chi connectivity index (χ4v) is 2.35. The van der Waals surface area contributed by atoms with Gasteiger partial charge in [-0.05, 0) is 12.1 Å². The van der Waals surface area contributed by atoms with Crippen LogP contribution < -0.4 is 5.32 Å². The summed E-state index contributed by atoms with van der Waals surface area (Å²) >= 11 is 0.766. The summed E-state index contributed by atoms with van der Waals surface area (Å²) in [7, 11) is 1.75. The molecule has 0 aliphatic heterocycles. The third kappa shape index (κ3) is 4.44. The molecule has 0 saturated carbocycles. The van der Waals surface area contributed by atoms with Gasteiger partial charge in [-0.15, -0.1) is 16.9 Å². The lowest BCUT2D eigenvalue weighted by Crippen LogP contribution is -2.11. The molecule has 108 valence electrons. The Morgan fingerprint density at radius 2 is 2.05 bits per heavy atom. The van der Waals surface area contributed by atoms with E-state index in [1.807, 2.05) is 0 Å². The number of thioether (sulfide) groups is 1. The van der Waals surface area contributed by atoms with Crippen LogP contribution in [0.5, 0.6) is 0 Å². The number of hydrogen-bond acceptors (Lipinski definition) is 4. The SMILES string of the molecule is Cn1cc(CNc2ccccc2SCC(F)(F)F)nn1. The summed E-state index contributed by atoms with van der Waals surface area (Å²) in [5.41, 5.74) is 1.38. The lowest BCUT2D eigenvalue weighted by atomic mass is 10.3. The van der Waals surface area contributed by atoms with Crippen LogP contribution in [-0.4, -0.2) is 26.9 Å². The lowest BCUT2D eigenvalue weighted by Gasteiger charge is -2.11. The normalized spacial score (nSPS) is 11.6. The van der Waals surface area contributed by atoms with E-state index < -0.39 is 11.9 Å². The first-order valence-corrected chi connectivity index (χ1v) is 6.80. The predicted molar refractivity (Wildman–Crippen MR) is 71.6 cm³/mol. The number of rotatable bonds is 5. The highest BCUT2D eigenvalue weighted by atomic mass is 32.2. The average molecular weight is 302 g/mol. The Balaban J connectivity index is 2.00. The Kier molecular flexibility index (Phi) is 4.53. The maximum atomic E-state index is 12.3. The number of benzene rings is 1. The van der Waals surface area contributed by atoms with Crippen LogP contribution in [-0.2, 0) is 13.6 Å². The van der Waals surface area contributed by atoms with E-state index >= 15 is 0 Å².